The summed E-state index contributed by atoms with van der Waals surface area (Å²) in [5, 5.41) is 50.2. The molecule has 2 aromatic carbocycles. The van der Waals surface area contributed by atoms with Crippen molar-refractivity contribution in [1.29, 1.82) is 0 Å². The first-order valence-corrected chi connectivity index (χ1v) is 19.3. The number of aryl methyl sites for hydroxylation is 1. The molecule has 6 aromatic rings. The van der Waals surface area contributed by atoms with Crippen molar-refractivity contribution in [3.63, 3.8) is 0 Å². The van der Waals surface area contributed by atoms with Gasteiger partial charge in [-0.15, -0.1) is 22.7 Å². The highest BCUT2D eigenvalue weighted by molar-refractivity contribution is 7.12. The molecule has 6 N–H and O–H groups in total. The van der Waals surface area contributed by atoms with Crippen LogP contribution in [-0.4, -0.2) is 72.0 Å². The largest absolute Gasteiger partial charge is 0.506 e. The average molecular weight is 742 g/mol. The van der Waals surface area contributed by atoms with Gasteiger partial charge in [-0.2, -0.15) is 0 Å². The maximum Gasteiger partial charge on any atom is 0.347 e. The van der Waals surface area contributed by atoms with Gasteiger partial charge in [0.25, 0.3) is 0 Å². The molecular formula is C39H43N5O6S2. The zero-order valence-electron chi connectivity index (χ0n) is 28.9. The smallest absolute Gasteiger partial charge is 0.347 e. The molecule has 0 aliphatic heterocycles. The number of benzene rings is 2. The molecule has 4 heterocycles. The molecule has 0 saturated heterocycles. The maximum absolute atomic E-state index is 12.3. The fraction of sp³-hybridized carbons (Fsp3) is 0.359. The van der Waals surface area contributed by atoms with Crippen LogP contribution < -0.4 is 10.9 Å². The Hall–Kier alpha value is -4.37. The molecule has 7 rings (SSSR count). The average Bonchev–Trinajstić information content (AvgIpc) is 3.94. The van der Waals surface area contributed by atoms with E-state index >= 15 is 0 Å². The number of rotatable bonds is 14. The van der Waals surface area contributed by atoms with E-state index in [0.717, 1.165) is 67.4 Å². The molecule has 0 spiro atoms. The highest BCUT2D eigenvalue weighted by atomic mass is 32.1. The number of aliphatic carboxylic acids is 1. The van der Waals surface area contributed by atoms with Gasteiger partial charge >= 0.3 is 5.97 Å². The summed E-state index contributed by atoms with van der Waals surface area (Å²) in [6.07, 6.45) is 5.99. The fourth-order valence-corrected chi connectivity index (χ4v) is 9.62. The molecule has 1 saturated carbocycles. The molecule has 272 valence electrons. The van der Waals surface area contributed by atoms with Crippen molar-refractivity contribution >= 4 is 50.6 Å². The summed E-state index contributed by atoms with van der Waals surface area (Å²) in [6, 6.07) is 18.3. The van der Waals surface area contributed by atoms with Crippen molar-refractivity contribution in [3.8, 4) is 5.75 Å². The van der Waals surface area contributed by atoms with E-state index in [2.05, 4.69) is 50.0 Å². The van der Waals surface area contributed by atoms with E-state index in [4.69, 9.17) is 0 Å². The van der Waals surface area contributed by atoms with Crippen LogP contribution in [0.15, 0.2) is 82.5 Å². The lowest BCUT2D eigenvalue weighted by Crippen LogP contribution is -2.38. The van der Waals surface area contributed by atoms with E-state index in [1.54, 1.807) is 29.6 Å². The number of aromatic amines is 1. The Morgan fingerprint density at radius 1 is 1.10 bits per heavy atom. The Balaban J connectivity index is 0.889. The number of carboxylic acids is 1. The summed E-state index contributed by atoms with van der Waals surface area (Å²) in [5.41, 5.74) is 2.62. The first-order chi connectivity index (χ1) is 25.1. The van der Waals surface area contributed by atoms with Gasteiger partial charge in [0, 0.05) is 37.1 Å². The Labute approximate surface area is 308 Å². The van der Waals surface area contributed by atoms with E-state index in [1.165, 1.54) is 34.8 Å². The van der Waals surface area contributed by atoms with Gasteiger partial charge in [0.15, 0.2) is 0 Å². The monoisotopic (exact) mass is 741 g/mol. The number of H-pyrrole nitrogens is 1. The number of pyridine rings is 1. The van der Waals surface area contributed by atoms with Crippen molar-refractivity contribution in [2.45, 2.75) is 68.9 Å². The molecule has 2 atom stereocenters. The number of phenolic OH excluding ortho intramolecular Hbond substituents is 1. The third kappa shape index (κ3) is 7.16. The fourth-order valence-electron chi connectivity index (χ4n) is 7.64. The number of aliphatic hydroxyl groups is 2. The topological polar surface area (TPSA) is 164 Å². The minimum atomic E-state index is -2.01. The Bertz CT molecular complexity index is 2220. The zero-order valence-corrected chi connectivity index (χ0v) is 30.5. The van der Waals surface area contributed by atoms with E-state index in [1.807, 2.05) is 17.8 Å². The van der Waals surface area contributed by atoms with Gasteiger partial charge in [-0.25, -0.2) is 9.78 Å². The van der Waals surface area contributed by atoms with E-state index in [9.17, 15) is 30.0 Å². The van der Waals surface area contributed by atoms with Crippen LogP contribution in [0.2, 0.25) is 0 Å². The molecule has 11 nitrogen and oxygen atoms in total. The second kappa shape index (κ2) is 15.3. The molecule has 52 heavy (non-hydrogen) atoms. The van der Waals surface area contributed by atoms with Gasteiger partial charge in [0.05, 0.1) is 38.7 Å². The number of nitrogens with zero attached hydrogens (tertiary/aromatic N) is 3. The summed E-state index contributed by atoms with van der Waals surface area (Å²) in [7, 11) is 2.19. The van der Waals surface area contributed by atoms with Crippen LogP contribution in [0.4, 0.5) is 0 Å². The number of aromatic hydroxyl groups is 1. The molecular weight excluding hydrogens is 699 g/mol. The Morgan fingerprint density at radius 3 is 2.69 bits per heavy atom. The molecule has 1 fully saturated rings. The van der Waals surface area contributed by atoms with Crippen LogP contribution in [0.25, 0.3) is 21.9 Å². The molecule has 0 amide bonds. The van der Waals surface area contributed by atoms with Crippen molar-refractivity contribution in [1.82, 2.24) is 24.8 Å². The number of aromatic nitrogens is 3. The van der Waals surface area contributed by atoms with Crippen molar-refractivity contribution in [2.24, 2.45) is 0 Å². The predicted octanol–water partition coefficient (Wildman–Crippen LogP) is 5.90. The lowest BCUT2D eigenvalue weighted by molar-refractivity contribution is -0.154. The Kier molecular flexibility index (Phi) is 10.6. The van der Waals surface area contributed by atoms with Crippen LogP contribution >= 0.6 is 22.7 Å². The van der Waals surface area contributed by atoms with Crippen molar-refractivity contribution in [2.75, 3.05) is 20.1 Å². The molecule has 1 aliphatic rings. The van der Waals surface area contributed by atoms with Crippen molar-refractivity contribution in [3.05, 3.63) is 115 Å². The van der Waals surface area contributed by atoms with Crippen LogP contribution in [0.3, 0.4) is 0 Å². The summed E-state index contributed by atoms with van der Waals surface area (Å²) in [5.74, 6) is -1.04. The molecule has 4 aromatic heterocycles. The van der Waals surface area contributed by atoms with E-state index in [0.29, 0.717) is 45.4 Å². The van der Waals surface area contributed by atoms with Gasteiger partial charge in [0.1, 0.15) is 5.75 Å². The predicted molar refractivity (Wildman–Crippen MR) is 204 cm³/mol. The van der Waals surface area contributed by atoms with Gasteiger partial charge in [-0.1, -0.05) is 18.2 Å². The number of fused-ring (bicyclic) bond motifs is 2. The number of hydrogen-bond donors (Lipinski definition) is 6. The molecule has 13 heteroatoms. The minimum Gasteiger partial charge on any atom is -0.506 e. The maximum atomic E-state index is 12.3. The number of aliphatic hydroxyl groups excluding tert-OH is 1. The molecule has 1 aliphatic carbocycles. The first-order valence-electron chi connectivity index (χ1n) is 17.6. The standard InChI is InChI=1S/C39H43N5O6S2/c1-43(26-8-6-25(7-9-26)27-15-19-52-37(27)39(50,38(48)49)34-4-2-18-51-34)16-3-17-44-23-41-30-20-24(5-12-31(30)44)21-40-22-33(46)28-10-13-32(45)36-29(28)11-14-35(47)42-36/h2,4-5,10-15,18-20,23,25-26,33,40,45-46,50H,3,6-9,16-17,21-22H2,1H3,(H,42,47)(H,48,49)/t25?,26?,33-,39?/m0/s1. The first kappa shape index (κ1) is 36.0. The highest BCUT2D eigenvalue weighted by Crippen LogP contribution is 2.44. The SMILES string of the molecule is CN(CCCn1cnc2cc(CNC[C@H](O)c3ccc(O)c4[nH]c(=O)ccc34)ccc21)C1CCC(c2ccsc2C(O)(C(=O)O)c2cccs2)CC1. The summed E-state index contributed by atoms with van der Waals surface area (Å²) < 4.78 is 2.19. The highest BCUT2D eigenvalue weighted by Gasteiger charge is 2.45. The number of nitrogens with one attached hydrogen (secondary N) is 2. The minimum absolute atomic E-state index is 0.0366. The number of hydrogen-bond acceptors (Lipinski definition) is 10. The lowest BCUT2D eigenvalue weighted by atomic mass is 9.79. The second-order valence-electron chi connectivity index (χ2n) is 13.7. The summed E-state index contributed by atoms with van der Waals surface area (Å²) in [6.45, 7) is 2.63. The quantitative estimate of drug-likeness (QED) is 0.0798. The number of thiophene rings is 2. The van der Waals surface area contributed by atoms with Crippen molar-refractivity contribution < 1.29 is 25.2 Å². The number of carbonyl (C=O) groups is 1. The number of imidazole rings is 1. The Morgan fingerprint density at radius 2 is 1.92 bits per heavy atom. The van der Waals surface area contributed by atoms with Gasteiger partial charge in [0.2, 0.25) is 11.2 Å². The molecule has 1 unspecified atom stereocenters. The number of phenols is 1. The third-order valence-corrected chi connectivity index (χ3v) is 12.5. The lowest BCUT2D eigenvalue weighted by Gasteiger charge is -2.35. The van der Waals surface area contributed by atoms with Crippen LogP contribution in [0, 0.1) is 0 Å². The van der Waals surface area contributed by atoms with Gasteiger partial charge in [-0.05, 0) is 115 Å². The zero-order chi connectivity index (χ0) is 36.4. The summed E-state index contributed by atoms with van der Waals surface area (Å²) in [4.78, 5) is 34.8. The van der Waals surface area contributed by atoms with Crippen LogP contribution in [-0.2, 0) is 23.5 Å². The number of carboxylic acid groups (broad SMARTS) is 1. The van der Waals surface area contributed by atoms with Gasteiger partial charge < -0.3 is 40.2 Å². The second-order valence-corrected chi connectivity index (χ2v) is 15.6. The van der Waals surface area contributed by atoms with E-state index in [-0.39, 0.29) is 17.2 Å². The molecule has 0 radical (unpaired) electrons. The van der Waals surface area contributed by atoms with Crippen LogP contribution in [0.5, 0.6) is 5.75 Å². The van der Waals surface area contributed by atoms with Gasteiger partial charge in [-0.3, -0.25) is 4.79 Å². The normalized spacial score (nSPS) is 18.2. The van der Waals surface area contributed by atoms with Crippen LogP contribution in [0.1, 0.15) is 70.6 Å². The third-order valence-electron chi connectivity index (χ3n) is 10.5. The van der Waals surface area contributed by atoms with E-state index < -0.39 is 17.7 Å². The summed E-state index contributed by atoms with van der Waals surface area (Å²) >= 11 is 2.60. The molecule has 0 bridgehead atoms.